The summed E-state index contributed by atoms with van der Waals surface area (Å²) in [7, 11) is 1.71. The molecule has 0 saturated carbocycles. The predicted octanol–water partition coefficient (Wildman–Crippen LogP) is 3.74. The molecule has 1 N–H and O–H groups in total. The zero-order chi connectivity index (χ0) is 14.4. The van der Waals surface area contributed by atoms with Crippen molar-refractivity contribution in [3.05, 3.63) is 45.9 Å². The first-order chi connectivity index (χ1) is 9.74. The van der Waals surface area contributed by atoms with E-state index in [0.29, 0.717) is 6.04 Å². The summed E-state index contributed by atoms with van der Waals surface area (Å²) in [6.45, 7) is 5.29. The Kier molecular flexibility index (Phi) is 5.56. The van der Waals surface area contributed by atoms with Crippen molar-refractivity contribution in [2.24, 2.45) is 0 Å². The van der Waals surface area contributed by atoms with Gasteiger partial charge >= 0.3 is 0 Å². The van der Waals surface area contributed by atoms with Crippen molar-refractivity contribution in [3.63, 3.8) is 0 Å². The van der Waals surface area contributed by atoms with Crippen molar-refractivity contribution in [2.45, 2.75) is 32.7 Å². The molecule has 1 heterocycles. The molecule has 0 aliphatic carbocycles. The summed E-state index contributed by atoms with van der Waals surface area (Å²) in [6.07, 6.45) is 2.09. The Morgan fingerprint density at radius 1 is 1.40 bits per heavy atom. The van der Waals surface area contributed by atoms with Crippen LogP contribution in [0.25, 0.3) is 0 Å². The zero-order valence-electron chi connectivity index (χ0n) is 12.3. The summed E-state index contributed by atoms with van der Waals surface area (Å²) in [5.74, 6) is 0.915. The average molecular weight is 290 g/mol. The lowest BCUT2D eigenvalue weighted by atomic mass is 10.0. The van der Waals surface area contributed by atoms with Crippen molar-refractivity contribution in [1.29, 1.82) is 0 Å². The van der Waals surface area contributed by atoms with Crippen LogP contribution < -0.4 is 10.1 Å². The van der Waals surface area contributed by atoms with E-state index in [9.17, 15) is 0 Å². The van der Waals surface area contributed by atoms with Gasteiger partial charge in [0.1, 0.15) is 5.75 Å². The van der Waals surface area contributed by atoms with Crippen LogP contribution in [0.15, 0.2) is 29.8 Å². The first-order valence-corrected chi connectivity index (χ1v) is 7.88. The maximum Gasteiger partial charge on any atom is 0.119 e. The van der Waals surface area contributed by atoms with E-state index in [1.807, 2.05) is 17.6 Å². The molecule has 0 amide bonds. The van der Waals surface area contributed by atoms with Gasteiger partial charge in [-0.1, -0.05) is 19.1 Å². The zero-order valence-corrected chi connectivity index (χ0v) is 13.2. The standard InChI is InChI=1S/C16H22N2OS/c1-4-8-17-15(16-12(2)18-11-20-16)10-13-6-5-7-14(9-13)19-3/h5-7,9,11,15,17H,4,8,10H2,1-3H3. The third-order valence-electron chi connectivity index (χ3n) is 3.31. The van der Waals surface area contributed by atoms with Crippen molar-refractivity contribution >= 4 is 11.3 Å². The van der Waals surface area contributed by atoms with E-state index in [0.717, 1.165) is 30.8 Å². The Bertz CT molecular complexity index is 539. The Morgan fingerprint density at radius 2 is 2.25 bits per heavy atom. The maximum atomic E-state index is 5.30. The molecule has 4 heteroatoms. The normalized spacial score (nSPS) is 12.3. The molecule has 0 bridgehead atoms. The Morgan fingerprint density at radius 3 is 2.90 bits per heavy atom. The van der Waals surface area contributed by atoms with E-state index < -0.39 is 0 Å². The Labute approximate surface area is 125 Å². The molecule has 20 heavy (non-hydrogen) atoms. The van der Waals surface area contributed by atoms with Gasteiger partial charge in [-0.2, -0.15) is 0 Å². The molecule has 0 aliphatic rings. The highest BCUT2D eigenvalue weighted by atomic mass is 32.1. The maximum absolute atomic E-state index is 5.30. The lowest BCUT2D eigenvalue weighted by Gasteiger charge is -2.18. The topological polar surface area (TPSA) is 34.1 Å². The molecule has 2 aromatic rings. The van der Waals surface area contributed by atoms with Crippen LogP contribution in [-0.4, -0.2) is 18.6 Å². The summed E-state index contributed by atoms with van der Waals surface area (Å²) in [4.78, 5) is 5.71. The minimum atomic E-state index is 0.328. The second-order valence-corrected chi connectivity index (χ2v) is 5.75. The van der Waals surface area contributed by atoms with Gasteiger partial charge < -0.3 is 10.1 Å². The molecule has 0 saturated heterocycles. The molecule has 0 aliphatic heterocycles. The van der Waals surface area contributed by atoms with E-state index in [2.05, 4.69) is 36.3 Å². The number of nitrogens with zero attached hydrogens (tertiary/aromatic N) is 1. The molecule has 1 aromatic heterocycles. The van der Waals surface area contributed by atoms with E-state index in [4.69, 9.17) is 4.74 Å². The second-order valence-electron chi connectivity index (χ2n) is 4.86. The van der Waals surface area contributed by atoms with Crippen LogP contribution in [0.3, 0.4) is 0 Å². The monoisotopic (exact) mass is 290 g/mol. The largest absolute Gasteiger partial charge is 0.497 e. The Hall–Kier alpha value is -1.39. The predicted molar refractivity (Wildman–Crippen MR) is 84.6 cm³/mol. The number of rotatable bonds is 7. The number of methoxy groups -OCH3 is 1. The minimum absolute atomic E-state index is 0.328. The molecule has 1 aromatic carbocycles. The van der Waals surface area contributed by atoms with Gasteiger partial charge in [-0.15, -0.1) is 11.3 Å². The smallest absolute Gasteiger partial charge is 0.119 e. The van der Waals surface area contributed by atoms with Gasteiger partial charge in [0.25, 0.3) is 0 Å². The van der Waals surface area contributed by atoms with Crippen molar-refractivity contribution in [2.75, 3.05) is 13.7 Å². The lowest BCUT2D eigenvalue weighted by Crippen LogP contribution is -2.24. The van der Waals surface area contributed by atoms with E-state index in [1.54, 1.807) is 18.4 Å². The highest BCUT2D eigenvalue weighted by molar-refractivity contribution is 7.09. The number of ether oxygens (including phenoxy) is 1. The van der Waals surface area contributed by atoms with Crippen molar-refractivity contribution < 1.29 is 4.74 Å². The van der Waals surface area contributed by atoms with E-state index >= 15 is 0 Å². The molecular formula is C16H22N2OS. The van der Waals surface area contributed by atoms with E-state index in [1.165, 1.54) is 10.4 Å². The summed E-state index contributed by atoms with van der Waals surface area (Å²) >= 11 is 1.73. The van der Waals surface area contributed by atoms with Crippen LogP contribution in [-0.2, 0) is 6.42 Å². The number of nitrogens with one attached hydrogen (secondary N) is 1. The van der Waals surface area contributed by atoms with Crippen LogP contribution in [0, 0.1) is 6.92 Å². The number of thiazole rings is 1. The molecule has 1 atom stereocenters. The number of aromatic nitrogens is 1. The summed E-state index contributed by atoms with van der Waals surface area (Å²) in [5.41, 5.74) is 4.34. The lowest BCUT2D eigenvalue weighted by molar-refractivity contribution is 0.414. The first kappa shape index (κ1) is 15.0. The highest BCUT2D eigenvalue weighted by Gasteiger charge is 2.16. The highest BCUT2D eigenvalue weighted by Crippen LogP contribution is 2.26. The summed E-state index contributed by atoms with van der Waals surface area (Å²) < 4.78 is 5.30. The van der Waals surface area contributed by atoms with Crippen LogP contribution in [0.5, 0.6) is 5.75 Å². The van der Waals surface area contributed by atoms with Gasteiger partial charge in [0, 0.05) is 10.9 Å². The third kappa shape index (κ3) is 3.81. The van der Waals surface area contributed by atoms with Gasteiger partial charge in [0.05, 0.1) is 18.3 Å². The van der Waals surface area contributed by atoms with Crippen LogP contribution >= 0.6 is 11.3 Å². The molecule has 0 fully saturated rings. The van der Waals surface area contributed by atoms with Gasteiger partial charge in [-0.05, 0) is 44.0 Å². The van der Waals surface area contributed by atoms with Crippen molar-refractivity contribution in [3.8, 4) is 5.75 Å². The number of aryl methyl sites for hydroxylation is 1. The third-order valence-corrected chi connectivity index (χ3v) is 4.36. The number of hydrogen-bond donors (Lipinski definition) is 1. The summed E-state index contributed by atoms with van der Waals surface area (Å²) in [5, 5.41) is 3.63. The fourth-order valence-corrected chi connectivity index (χ4v) is 3.14. The molecule has 0 spiro atoms. The average Bonchev–Trinajstić information content (AvgIpc) is 2.90. The SMILES string of the molecule is CCCNC(Cc1cccc(OC)c1)c1scnc1C. The molecule has 2 rings (SSSR count). The minimum Gasteiger partial charge on any atom is -0.497 e. The van der Waals surface area contributed by atoms with Crippen molar-refractivity contribution in [1.82, 2.24) is 10.3 Å². The molecular weight excluding hydrogens is 268 g/mol. The molecule has 108 valence electrons. The van der Waals surface area contributed by atoms with Crippen LogP contribution in [0.1, 0.15) is 35.5 Å². The van der Waals surface area contributed by atoms with E-state index in [-0.39, 0.29) is 0 Å². The fourth-order valence-electron chi connectivity index (χ4n) is 2.26. The van der Waals surface area contributed by atoms with Gasteiger partial charge in [-0.25, -0.2) is 4.98 Å². The molecule has 0 radical (unpaired) electrons. The number of hydrogen-bond acceptors (Lipinski definition) is 4. The van der Waals surface area contributed by atoms with Crippen LogP contribution in [0.2, 0.25) is 0 Å². The first-order valence-electron chi connectivity index (χ1n) is 7.01. The van der Waals surface area contributed by atoms with Crippen LogP contribution in [0.4, 0.5) is 0 Å². The molecule has 1 unspecified atom stereocenters. The van der Waals surface area contributed by atoms with Gasteiger partial charge in [0.15, 0.2) is 0 Å². The Balaban J connectivity index is 2.17. The number of benzene rings is 1. The fraction of sp³-hybridized carbons (Fsp3) is 0.438. The summed E-state index contributed by atoms with van der Waals surface area (Å²) in [6, 6.07) is 8.62. The quantitative estimate of drug-likeness (QED) is 0.843. The second kappa shape index (κ2) is 7.41. The molecule has 3 nitrogen and oxygen atoms in total. The van der Waals surface area contributed by atoms with Gasteiger partial charge in [0.2, 0.25) is 0 Å². The van der Waals surface area contributed by atoms with Gasteiger partial charge in [-0.3, -0.25) is 0 Å².